The molecule has 0 spiro atoms. The Hall–Kier alpha value is -0.220. The van der Waals surface area contributed by atoms with Crippen molar-refractivity contribution < 1.29 is 4.79 Å². The number of carbonyl (C=O) groups is 1. The smallest absolute Gasteiger partial charge is 0.234 e. The molecule has 1 atom stereocenters. The summed E-state index contributed by atoms with van der Waals surface area (Å²) >= 11 is 2.02. The molecule has 3 nitrogen and oxygen atoms in total. The second-order valence-corrected chi connectivity index (χ2v) is 5.35. The lowest BCUT2D eigenvalue weighted by Gasteiger charge is -2.09. The summed E-state index contributed by atoms with van der Waals surface area (Å²) in [6, 6.07) is 0.492. The molecule has 1 saturated heterocycles. The van der Waals surface area contributed by atoms with Crippen LogP contribution in [-0.2, 0) is 4.79 Å². The molecule has 4 heteroatoms. The molecule has 80 valence electrons. The van der Waals surface area contributed by atoms with Gasteiger partial charge in [-0.25, -0.2) is 0 Å². The minimum absolute atomic E-state index is 0.165. The SMILES string of the molecule is O=C(CNCC1CCSC1)NC1CC1. The predicted molar refractivity (Wildman–Crippen MR) is 59.5 cm³/mol. The molecule has 0 aromatic carbocycles. The first-order valence-electron chi connectivity index (χ1n) is 5.42. The van der Waals surface area contributed by atoms with Crippen LogP contribution in [0.25, 0.3) is 0 Å². The van der Waals surface area contributed by atoms with E-state index in [2.05, 4.69) is 10.6 Å². The predicted octanol–water partition coefficient (Wildman–Crippen LogP) is 0.608. The van der Waals surface area contributed by atoms with Crippen LogP contribution in [0, 0.1) is 5.92 Å². The summed E-state index contributed by atoms with van der Waals surface area (Å²) < 4.78 is 0. The quantitative estimate of drug-likeness (QED) is 0.704. The lowest BCUT2D eigenvalue weighted by Crippen LogP contribution is -2.37. The number of hydrogen-bond acceptors (Lipinski definition) is 3. The second-order valence-electron chi connectivity index (χ2n) is 4.20. The van der Waals surface area contributed by atoms with Crippen molar-refractivity contribution in [2.24, 2.45) is 5.92 Å². The average Bonchev–Trinajstić information content (AvgIpc) is 2.82. The Morgan fingerprint density at radius 3 is 2.86 bits per heavy atom. The van der Waals surface area contributed by atoms with Crippen molar-refractivity contribution in [1.82, 2.24) is 10.6 Å². The first kappa shape index (κ1) is 10.3. The van der Waals surface area contributed by atoms with Gasteiger partial charge in [0.2, 0.25) is 5.91 Å². The van der Waals surface area contributed by atoms with Crippen LogP contribution in [0.4, 0.5) is 0 Å². The van der Waals surface area contributed by atoms with Gasteiger partial charge in [0.05, 0.1) is 6.54 Å². The maximum absolute atomic E-state index is 11.3. The molecule has 1 heterocycles. The monoisotopic (exact) mass is 214 g/mol. The van der Waals surface area contributed by atoms with E-state index in [9.17, 15) is 4.79 Å². The van der Waals surface area contributed by atoms with Gasteiger partial charge in [0.15, 0.2) is 0 Å². The van der Waals surface area contributed by atoms with E-state index in [0.717, 1.165) is 12.5 Å². The Morgan fingerprint density at radius 2 is 2.21 bits per heavy atom. The van der Waals surface area contributed by atoms with E-state index < -0.39 is 0 Å². The van der Waals surface area contributed by atoms with Gasteiger partial charge in [0.25, 0.3) is 0 Å². The summed E-state index contributed by atoms with van der Waals surface area (Å²) in [6.07, 6.45) is 3.65. The standard InChI is InChI=1S/C10H18N2OS/c13-10(12-9-1-2-9)6-11-5-8-3-4-14-7-8/h8-9,11H,1-7H2,(H,12,13). The van der Waals surface area contributed by atoms with E-state index >= 15 is 0 Å². The Bertz CT molecular complexity index is 200. The molecule has 2 N–H and O–H groups in total. The zero-order chi connectivity index (χ0) is 9.80. The second kappa shape index (κ2) is 5.03. The van der Waals surface area contributed by atoms with E-state index in [0.29, 0.717) is 12.6 Å². The van der Waals surface area contributed by atoms with E-state index in [4.69, 9.17) is 0 Å². The van der Waals surface area contributed by atoms with Crippen LogP contribution in [0.3, 0.4) is 0 Å². The number of thioether (sulfide) groups is 1. The summed E-state index contributed by atoms with van der Waals surface area (Å²) in [6.45, 7) is 1.50. The zero-order valence-corrected chi connectivity index (χ0v) is 9.24. The van der Waals surface area contributed by atoms with Crippen LogP contribution in [0.2, 0.25) is 0 Å². The van der Waals surface area contributed by atoms with Crippen LogP contribution >= 0.6 is 11.8 Å². The van der Waals surface area contributed by atoms with Crippen molar-refractivity contribution >= 4 is 17.7 Å². The van der Waals surface area contributed by atoms with Gasteiger partial charge in [-0.15, -0.1) is 0 Å². The van der Waals surface area contributed by atoms with Gasteiger partial charge in [-0.3, -0.25) is 4.79 Å². The summed E-state index contributed by atoms with van der Waals surface area (Å²) in [5, 5.41) is 6.21. The Balaban J connectivity index is 1.50. The van der Waals surface area contributed by atoms with Gasteiger partial charge in [0.1, 0.15) is 0 Å². The molecular weight excluding hydrogens is 196 g/mol. The van der Waals surface area contributed by atoms with Gasteiger partial charge in [-0.2, -0.15) is 11.8 Å². The third-order valence-corrected chi connectivity index (χ3v) is 3.92. The zero-order valence-electron chi connectivity index (χ0n) is 8.42. The summed E-state index contributed by atoms with van der Waals surface area (Å²) in [5.41, 5.74) is 0. The van der Waals surface area contributed by atoms with Crippen LogP contribution in [0.1, 0.15) is 19.3 Å². The van der Waals surface area contributed by atoms with Crippen molar-refractivity contribution in [3.8, 4) is 0 Å². The minimum atomic E-state index is 0.165. The van der Waals surface area contributed by atoms with Crippen molar-refractivity contribution in [3.63, 3.8) is 0 Å². The van der Waals surface area contributed by atoms with Crippen molar-refractivity contribution in [2.45, 2.75) is 25.3 Å². The molecular formula is C10H18N2OS. The fourth-order valence-electron chi connectivity index (χ4n) is 1.64. The van der Waals surface area contributed by atoms with E-state index in [1.165, 1.54) is 30.8 Å². The fraction of sp³-hybridized carbons (Fsp3) is 0.900. The Morgan fingerprint density at radius 1 is 1.36 bits per heavy atom. The molecule has 0 aromatic heterocycles. The van der Waals surface area contributed by atoms with E-state index in [1.54, 1.807) is 0 Å². The first-order valence-corrected chi connectivity index (χ1v) is 6.58. The molecule has 1 unspecified atom stereocenters. The summed E-state index contributed by atoms with van der Waals surface area (Å²) in [4.78, 5) is 11.3. The number of rotatable bonds is 5. The molecule has 0 bridgehead atoms. The molecule has 1 saturated carbocycles. The molecule has 1 amide bonds. The van der Waals surface area contributed by atoms with Crippen LogP contribution in [-0.4, -0.2) is 36.5 Å². The third-order valence-electron chi connectivity index (χ3n) is 2.69. The Kier molecular flexibility index (Phi) is 3.70. The van der Waals surface area contributed by atoms with Gasteiger partial charge >= 0.3 is 0 Å². The highest BCUT2D eigenvalue weighted by molar-refractivity contribution is 7.99. The van der Waals surface area contributed by atoms with Gasteiger partial charge < -0.3 is 10.6 Å². The topological polar surface area (TPSA) is 41.1 Å². The Labute approximate surface area is 89.4 Å². The van der Waals surface area contributed by atoms with Crippen molar-refractivity contribution in [3.05, 3.63) is 0 Å². The lowest BCUT2D eigenvalue weighted by molar-refractivity contribution is -0.120. The molecule has 2 aliphatic rings. The first-order chi connectivity index (χ1) is 6.84. The molecule has 0 aromatic rings. The highest BCUT2D eigenvalue weighted by Crippen LogP contribution is 2.22. The maximum Gasteiger partial charge on any atom is 0.234 e. The average molecular weight is 214 g/mol. The van der Waals surface area contributed by atoms with E-state index in [1.807, 2.05) is 11.8 Å². The highest BCUT2D eigenvalue weighted by atomic mass is 32.2. The van der Waals surface area contributed by atoms with Gasteiger partial charge in [-0.05, 0) is 43.2 Å². The molecule has 2 rings (SSSR count). The number of hydrogen-bond donors (Lipinski definition) is 2. The molecule has 2 fully saturated rings. The number of carbonyl (C=O) groups excluding carboxylic acids is 1. The van der Waals surface area contributed by atoms with E-state index in [-0.39, 0.29) is 5.91 Å². The normalized spacial score (nSPS) is 26.4. The molecule has 0 radical (unpaired) electrons. The molecule has 1 aliphatic heterocycles. The van der Waals surface area contributed by atoms with Crippen LogP contribution in [0.5, 0.6) is 0 Å². The van der Waals surface area contributed by atoms with Crippen LogP contribution < -0.4 is 10.6 Å². The lowest BCUT2D eigenvalue weighted by atomic mass is 10.1. The molecule has 14 heavy (non-hydrogen) atoms. The maximum atomic E-state index is 11.3. The number of nitrogens with one attached hydrogen (secondary N) is 2. The van der Waals surface area contributed by atoms with Crippen molar-refractivity contribution in [1.29, 1.82) is 0 Å². The number of amides is 1. The van der Waals surface area contributed by atoms with Crippen LogP contribution in [0.15, 0.2) is 0 Å². The third kappa shape index (κ3) is 3.50. The highest BCUT2D eigenvalue weighted by Gasteiger charge is 2.23. The fourth-order valence-corrected chi connectivity index (χ4v) is 2.93. The summed E-state index contributed by atoms with van der Waals surface area (Å²) in [7, 11) is 0. The van der Waals surface area contributed by atoms with Gasteiger partial charge in [-0.1, -0.05) is 0 Å². The summed E-state index contributed by atoms with van der Waals surface area (Å²) in [5.74, 6) is 3.50. The van der Waals surface area contributed by atoms with Gasteiger partial charge in [0, 0.05) is 6.04 Å². The largest absolute Gasteiger partial charge is 0.352 e. The minimum Gasteiger partial charge on any atom is -0.352 e. The molecule has 1 aliphatic carbocycles. The van der Waals surface area contributed by atoms with Crippen molar-refractivity contribution in [2.75, 3.05) is 24.6 Å².